The summed E-state index contributed by atoms with van der Waals surface area (Å²) in [6, 6.07) is 12.5. The van der Waals surface area contributed by atoms with Crippen LogP contribution in [-0.4, -0.2) is 21.1 Å². The molecule has 0 aliphatic carbocycles. The number of halogens is 3. The molecule has 1 amide bonds. The molecule has 0 unspecified atom stereocenters. The van der Waals surface area contributed by atoms with Gasteiger partial charge in [0.1, 0.15) is 5.25 Å². The van der Waals surface area contributed by atoms with Crippen LogP contribution in [0.15, 0.2) is 69.2 Å². The van der Waals surface area contributed by atoms with Crippen molar-refractivity contribution in [3.8, 4) is 0 Å². The van der Waals surface area contributed by atoms with Crippen LogP contribution in [0.5, 0.6) is 0 Å². The van der Waals surface area contributed by atoms with Crippen LogP contribution in [0.2, 0.25) is 0 Å². The van der Waals surface area contributed by atoms with Gasteiger partial charge in [-0.1, -0.05) is 48.2 Å². The minimum atomic E-state index is -4.55. The Bertz CT molecular complexity index is 1130. The summed E-state index contributed by atoms with van der Waals surface area (Å²) in [4.78, 5) is 37.9. The molecule has 1 atom stereocenters. The molecule has 3 N–H and O–H groups in total. The second-order valence-corrected chi connectivity index (χ2v) is 6.88. The molecule has 0 bridgehead atoms. The number of thioether (sulfide) groups is 1. The van der Waals surface area contributed by atoms with Gasteiger partial charge >= 0.3 is 11.9 Å². The van der Waals surface area contributed by atoms with Crippen molar-refractivity contribution in [1.29, 1.82) is 0 Å². The second kappa shape index (κ2) is 8.35. The van der Waals surface area contributed by atoms with Gasteiger partial charge in [-0.05, 0) is 23.8 Å². The zero-order chi connectivity index (χ0) is 21.0. The zero-order valence-electron chi connectivity index (χ0n) is 14.5. The van der Waals surface area contributed by atoms with Gasteiger partial charge in [0.25, 0.3) is 5.56 Å². The SMILES string of the molecule is O=C(Nc1cccc(C(F)(F)F)c1)[C@@H](Sc1n[nH]c(=O)[nH]c1=O)c1ccccc1. The number of benzene rings is 2. The van der Waals surface area contributed by atoms with Gasteiger partial charge in [-0.25, -0.2) is 9.89 Å². The van der Waals surface area contributed by atoms with Crippen LogP contribution in [0.25, 0.3) is 0 Å². The molecule has 2 aromatic carbocycles. The zero-order valence-corrected chi connectivity index (χ0v) is 15.3. The summed E-state index contributed by atoms with van der Waals surface area (Å²) in [6.45, 7) is 0. The van der Waals surface area contributed by atoms with Gasteiger partial charge in [0.05, 0.1) is 5.56 Å². The maximum Gasteiger partial charge on any atom is 0.416 e. The number of H-pyrrole nitrogens is 2. The first-order chi connectivity index (χ1) is 13.7. The predicted octanol–water partition coefficient (Wildman–Crippen LogP) is 2.95. The Kier molecular flexibility index (Phi) is 5.87. The monoisotopic (exact) mass is 422 g/mol. The number of alkyl halides is 3. The number of carbonyl (C=O) groups excluding carboxylic acids is 1. The summed E-state index contributed by atoms with van der Waals surface area (Å²) < 4.78 is 38.7. The van der Waals surface area contributed by atoms with Crippen molar-refractivity contribution in [2.24, 2.45) is 0 Å². The van der Waals surface area contributed by atoms with Crippen LogP contribution >= 0.6 is 11.8 Å². The van der Waals surface area contributed by atoms with Crippen molar-refractivity contribution >= 4 is 23.4 Å². The lowest BCUT2D eigenvalue weighted by Gasteiger charge is -2.17. The molecule has 0 radical (unpaired) electrons. The van der Waals surface area contributed by atoms with E-state index in [2.05, 4.69) is 15.5 Å². The third-order valence-corrected chi connectivity index (χ3v) is 4.93. The Labute approximate surface area is 165 Å². The highest BCUT2D eigenvalue weighted by Gasteiger charge is 2.31. The second-order valence-electron chi connectivity index (χ2n) is 5.79. The summed E-state index contributed by atoms with van der Waals surface area (Å²) in [5.74, 6) is -0.659. The average molecular weight is 422 g/mol. The third-order valence-electron chi connectivity index (χ3n) is 3.71. The molecule has 1 heterocycles. The fourth-order valence-corrected chi connectivity index (χ4v) is 3.35. The number of anilines is 1. The molecular formula is C18H13F3N4O3S. The normalized spacial score (nSPS) is 12.4. The fourth-order valence-electron chi connectivity index (χ4n) is 2.41. The Morgan fingerprint density at radius 1 is 1.07 bits per heavy atom. The number of hydrogen-bond acceptors (Lipinski definition) is 5. The molecular weight excluding hydrogens is 409 g/mol. The molecule has 3 rings (SSSR count). The fraction of sp³-hybridized carbons (Fsp3) is 0.111. The Hall–Kier alpha value is -3.34. The van der Waals surface area contributed by atoms with Crippen LogP contribution in [0, 0.1) is 0 Å². The van der Waals surface area contributed by atoms with Crippen molar-refractivity contribution < 1.29 is 18.0 Å². The molecule has 0 saturated heterocycles. The van der Waals surface area contributed by atoms with E-state index >= 15 is 0 Å². The molecule has 0 spiro atoms. The van der Waals surface area contributed by atoms with E-state index in [1.54, 1.807) is 30.3 Å². The summed E-state index contributed by atoms with van der Waals surface area (Å²) >= 11 is 0.755. The first-order valence-corrected chi connectivity index (χ1v) is 9.01. The summed E-state index contributed by atoms with van der Waals surface area (Å²) in [6.07, 6.45) is -4.55. The molecule has 0 fully saturated rings. The van der Waals surface area contributed by atoms with Crippen molar-refractivity contribution in [3.63, 3.8) is 0 Å². The van der Waals surface area contributed by atoms with E-state index in [0.717, 1.165) is 23.9 Å². The van der Waals surface area contributed by atoms with Gasteiger partial charge in [-0.2, -0.15) is 18.3 Å². The number of aromatic nitrogens is 3. The average Bonchev–Trinajstić information content (AvgIpc) is 2.67. The molecule has 7 nitrogen and oxygen atoms in total. The molecule has 0 aliphatic rings. The van der Waals surface area contributed by atoms with Gasteiger partial charge in [-0.3, -0.25) is 14.6 Å². The molecule has 11 heteroatoms. The molecule has 0 saturated carbocycles. The lowest BCUT2D eigenvalue weighted by atomic mass is 10.1. The number of amides is 1. The van der Waals surface area contributed by atoms with Crippen molar-refractivity contribution in [2.45, 2.75) is 16.5 Å². The largest absolute Gasteiger partial charge is 0.416 e. The van der Waals surface area contributed by atoms with Gasteiger partial charge in [-0.15, -0.1) is 0 Å². The minimum Gasteiger partial charge on any atom is -0.325 e. The van der Waals surface area contributed by atoms with Crippen molar-refractivity contribution in [1.82, 2.24) is 15.2 Å². The highest BCUT2D eigenvalue weighted by molar-refractivity contribution is 8.00. The van der Waals surface area contributed by atoms with E-state index in [1.165, 1.54) is 12.1 Å². The summed E-state index contributed by atoms with van der Waals surface area (Å²) in [5, 5.41) is 6.96. The van der Waals surface area contributed by atoms with Crippen LogP contribution in [0.3, 0.4) is 0 Å². The molecule has 29 heavy (non-hydrogen) atoms. The lowest BCUT2D eigenvalue weighted by molar-refractivity contribution is -0.137. The molecule has 150 valence electrons. The van der Waals surface area contributed by atoms with Crippen LogP contribution < -0.4 is 16.6 Å². The number of nitrogens with one attached hydrogen (secondary N) is 3. The van der Waals surface area contributed by atoms with E-state index in [1.807, 2.05) is 4.98 Å². The van der Waals surface area contributed by atoms with E-state index in [0.29, 0.717) is 5.56 Å². The highest BCUT2D eigenvalue weighted by atomic mass is 32.2. The Morgan fingerprint density at radius 2 is 1.79 bits per heavy atom. The van der Waals surface area contributed by atoms with E-state index in [9.17, 15) is 27.6 Å². The molecule has 3 aromatic rings. The predicted molar refractivity (Wildman–Crippen MR) is 101 cm³/mol. The van der Waals surface area contributed by atoms with E-state index < -0.39 is 34.1 Å². The Morgan fingerprint density at radius 3 is 2.45 bits per heavy atom. The van der Waals surface area contributed by atoms with Gasteiger partial charge in [0.2, 0.25) is 5.91 Å². The summed E-state index contributed by atoms with van der Waals surface area (Å²) in [7, 11) is 0. The summed E-state index contributed by atoms with van der Waals surface area (Å²) in [5.41, 5.74) is -2.04. The van der Waals surface area contributed by atoms with Gasteiger partial charge in [0, 0.05) is 5.69 Å². The molecule has 1 aromatic heterocycles. The minimum absolute atomic E-state index is 0.0466. The van der Waals surface area contributed by atoms with Crippen LogP contribution in [0.4, 0.5) is 18.9 Å². The first kappa shape index (κ1) is 20.4. The van der Waals surface area contributed by atoms with Crippen molar-refractivity contribution in [2.75, 3.05) is 5.32 Å². The number of aromatic amines is 2. The van der Waals surface area contributed by atoms with Crippen LogP contribution in [0.1, 0.15) is 16.4 Å². The number of carbonyl (C=O) groups is 1. The standard InChI is InChI=1S/C18H13F3N4O3S/c19-18(20,21)11-7-4-8-12(9-11)22-14(26)13(10-5-2-1-3-6-10)29-16-15(27)23-17(28)25-24-16/h1-9,13H,(H,22,26)(H2,23,25,27,28)/t13-/m0/s1. The number of rotatable bonds is 5. The van der Waals surface area contributed by atoms with Crippen LogP contribution in [-0.2, 0) is 11.0 Å². The van der Waals surface area contributed by atoms with Gasteiger partial charge in [0.15, 0.2) is 5.03 Å². The molecule has 0 aliphatic heterocycles. The Balaban J connectivity index is 1.91. The first-order valence-electron chi connectivity index (χ1n) is 8.13. The maximum atomic E-state index is 12.9. The van der Waals surface area contributed by atoms with E-state index in [4.69, 9.17) is 0 Å². The smallest absolute Gasteiger partial charge is 0.325 e. The quantitative estimate of drug-likeness (QED) is 0.548. The topological polar surface area (TPSA) is 108 Å². The number of hydrogen-bond donors (Lipinski definition) is 3. The number of nitrogens with zero attached hydrogens (tertiary/aromatic N) is 1. The maximum absolute atomic E-state index is 12.9. The van der Waals surface area contributed by atoms with E-state index in [-0.39, 0.29) is 10.7 Å². The lowest BCUT2D eigenvalue weighted by Crippen LogP contribution is -2.26. The van der Waals surface area contributed by atoms with Crippen molar-refractivity contribution in [3.05, 3.63) is 86.6 Å². The highest BCUT2D eigenvalue weighted by Crippen LogP contribution is 2.34. The van der Waals surface area contributed by atoms with Gasteiger partial charge < -0.3 is 5.32 Å². The third kappa shape index (κ3) is 5.13.